The third-order valence-electron chi connectivity index (χ3n) is 5.15. The number of ether oxygens (including phenoxy) is 1. The first kappa shape index (κ1) is 18.2. The van der Waals surface area contributed by atoms with Gasteiger partial charge in [0.2, 0.25) is 5.91 Å². The third-order valence-corrected chi connectivity index (χ3v) is 5.15. The van der Waals surface area contributed by atoms with E-state index in [9.17, 15) is 14.4 Å². The molecule has 0 bridgehead atoms. The zero-order valence-electron chi connectivity index (χ0n) is 15.7. The molecule has 1 N–H and O–H groups in total. The van der Waals surface area contributed by atoms with Gasteiger partial charge in [-0.05, 0) is 31.5 Å². The molecule has 0 unspecified atom stereocenters. The highest BCUT2D eigenvalue weighted by molar-refractivity contribution is 6.24. The van der Waals surface area contributed by atoms with E-state index in [0.29, 0.717) is 5.69 Å². The van der Waals surface area contributed by atoms with Crippen molar-refractivity contribution in [3.8, 4) is 0 Å². The fourth-order valence-electron chi connectivity index (χ4n) is 3.83. The second-order valence-electron chi connectivity index (χ2n) is 6.90. The Kier molecular flexibility index (Phi) is 4.60. The van der Waals surface area contributed by atoms with Crippen molar-refractivity contribution in [3.63, 3.8) is 0 Å². The first-order chi connectivity index (χ1) is 13.5. The lowest BCUT2D eigenvalue weighted by molar-refractivity contribution is -0.123. The van der Waals surface area contributed by atoms with Gasteiger partial charge in [-0.2, -0.15) is 0 Å². The van der Waals surface area contributed by atoms with E-state index in [2.05, 4.69) is 5.43 Å². The minimum atomic E-state index is -0.946. The standard InChI is InChI=1S/C21H21N3O4/c1-3-28-21(27)24-18-16(17(22-24)14-7-5-4-6-8-14)19(25)23(20(18)26)15-11-9-13(2)10-12-15/h4-12,16-18,22H,3H2,1-2H3/t16-,17+,18+/m1/s1. The molecule has 2 aromatic carbocycles. The molecule has 0 aliphatic carbocycles. The van der Waals surface area contributed by atoms with Gasteiger partial charge in [-0.25, -0.2) is 20.1 Å². The number of carbonyl (C=O) groups excluding carboxylic acids is 3. The Morgan fingerprint density at radius 3 is 2.36 bits per heavy atom. The lowest BCUT2D eigenvalue weighted by atomic mass is 9.91. The van der Waals surface area contributed by atoms with Crippen molar-refractivity contribution >= 4 is 23.6 Å². The Labute approximate surface area is 162 Å². The second kappa shape index (κ2) is 7.09. The van der Waals surface area contributed by atoms with E-state index in [4.69, 9.17) is 4.74 Å². The van der Waals surface area contributed by atoms with Crippen molar-refractivity contribution in [2.75, 3.05) is 11.5 Å². The van der Waals surface area contributed by atoms with Crippen molar-refractivity contribution in [1.82, 2.24) is 10.4 Å². The van der Waals surface area contributed by atoms with E-state index in [-0.39, 0.29) is 12.5 Å². The molecule has 2 heterocycles. The highest BCUT2D eigenvalue weighted by atomic mass is 16.6. The number of fused-ring (bicyclic) bond motifs is 1. The molecule has 7 heteroatoms. The lowest BCUT2D eigenvalue weighted by Gasteiger charge is -2.24. The van der Waals surface area contributed by atoms with Crippen molar-refractivity contribution in [2.24, 2.45) is 5.92 Å². The van der Waals surface area contributed by atoms with Crippen molar-refractivity contribution in [3.05, 3.63) is 65.7 Å². The first-order valence-corrected chi connectivity index (χ1v) is 9.24. The lowest BCUT2D eigenvalue weighted by Crippen LogP contribution is -2.48. The Balaban J connectivity index is 1.75. The molecule has 144 valence electrons. The number of nitrogens with zero attached hydrogens (tertiary/aromatic N) is 2. The molecular formula is C21H21N3O4. The average molecular weight is 379 g/mol. The fraction of sp³-hybridized carbons (Fsp3) is 0.286. The van der Waals surface area contributed by atoms with Gasteiger partial charge in [0.25, 0.3) is 5.91 Å². The maximum Gasteiger partial charge on any atom is 0.425 e. The fourth-order valence-corrected chi connectivity index (χ4v) is 3.83. The summed E-state index contributed by atoms with van der Waals surface area (Å²) in [7, 11) is 0. The van der Waals surface area contributed by atoms with E-state index in [1.54, 1.807) is 19.1 Å². The first-order valence-electron chi connectivity index (χ1n) is 9.24. The number of imide groups is 1. The minimum Gasteiger partial charge on any atom is -0.449 e. The summed E-state index contributed by atoms with van der Waals surface area (Å²) in [6.45, 7) is 3.80. The van der Waals surface area contributed by atoms with Crippen LogP contribution >= 0.6 is 0 Å². The maximum atomic E-state index is 13.3. The molecule has 3 amide bonds. The van der Waals surface area contributed by atoms with Gasteiger partial charge in [-0.1, -0.05) is 48.0 Å². The number of hydrogen-bond acceptors (Lipinski definition) is 5. The highest BCUT2D eigenvalue weighted by Gasteiger charge is 2.60. The molecule has 4 rings (SSSR count). The van der Waals surface area contributed by atoms with E-state index in [1.807, 2.05) is 49.4 Å². The van der Waals surface area contributed by atoms with Crippen LogP contribution in [0.25, 0.3) is 0 Å². The van der Waals surface area contributed by atoms with E-state index < -0.39 is 30.0 Å². The van der Waals surface area contributed by atoms with Gasteiger partial charge in [-0.3, -0.25) is 9.59 Å². The maximum absolute atomic E-state index is 13.3. The van der Waals surface area contributed by atoms with Gasteiger partial charge in [0.05, 0.1) is 24.3 Å². The number of anilines is 1. The van der Waals surface area contributed by atoms with Crippen LogP contribution in [0.15, 0.2) is 54.6 Å². The summed E-state index contributed by atoms with van der Waals surface area (Å²) in [4.78, 5) is 40.1. The van der Waals surface area contributed by atoms with Crippen LogP contribution in [0.4, 0.5) is 10.5 Å². The quantitative estimate of drug-likeness (QED) is 0.830. The number of benzene rings is 2. The number of rotatable bonds is 3. The van der Waals surface area contributed by atoms with Crippen LogP contribution in [0.2, 0.25) is 0 Å². The summed E-state index contributed by atoms with van der Waals surface area (Å²) in [5, 5.41) is 1.17. The van der Waals surface area contributed by atoms with E-state index >= 15 is 0 Å². The highest BCUT2D eigenvalue weighted by Crippen LogP contribution is 2.41. The van der Waals surface area contributed by atoms with Crippen molar-refractivity contribution in [2.45, 2.75) is 25.9 Å². The summed E-state index contributed by atoms with van der Waals surface area (Å²) in [6, 6.07) is 15.1. The second-order valence-corrected chi connectivity index (χ2v) is 6.90. The summed E-state index contributed by atoms with van der Waals surface area (Å²) < 4.78 is 5.10. The predicted octanol–water partition coefficient (Wildman–Crippen LogP) is 2.57. The Hall–Kier alpha value is -3.19. The van der Waals surface area contributed by atoms with Gasteiger partial charge < -0.3 is 4.74 Å². The molecule has 2 saturated heterocycles. The van der Waals surface area contributed by atoms with Gasteiger partial charge in [0.1, 0.15) is 6.04 Å². The molecular weight excluding hydrogens is 358 g/mol. The Bertz CT molecular complexity index is 913. The zero-order valence-corrected chi connectivity index (χ0v) is 15.7. The molecule has 0 saturated carbocycles. The molecule has 28 heavy (non-hydrogen) atoms. The number of aryl methyl sites for hydroxylation is 1. The van der Waals surface area contributed by atoms with E-state index in [1.165, 1.54) is 9.91 Å². The summed E-state index contributed by atoms with van der Waals surface area (Å²) >= 11 is 0. The monoisotopic (exact) mass is 379 g/mol. The Morgan fingerprint density at radius 1 is 1.04 bits per heavy atom. The number of hydrazine groups is 1. The van der Waals surface area contributed by atoms with E-state index in [0.717, 1.165) is 11.1 Å². The number of amides is 3. The smallest absolute Gasteiger partial charge is 0.425 e. The van der Waals surface area contributed by atoms with Gasteiger partial charge >= 0.3 is 6.09 Å². The molecule has 2 aromatic rings. The molecule has 2 fully saturated rings. The number of nitrogens with one attached hydrogen (secondary N) is 1. The van der Waals surface area contributed by atoms with Gasteiger partial charge in [-0.15, -0.1) is 0 Å². The molecule has 2 aliphatic heterocycles. The van der Waals surface area contributed by atoms with Crippen LogP contribution < -0.4 is 10.3 Å². The molecule has 2 aliphatic rings. The normalized spacial score (nSPS) is 23.9. The molecule has 0 spiro atoms. The van der Waals surface area contributed by atoms with Crippen LogP contribution in [0.1, 0.15) is 24.1 Å². The van der Waals surface area contributed by atoms with Crippen molar-refractivity contribution < 1.29 is 19.1 Å². The van der Waals surface area contributed by atoms with Gasteiger partial charge in [0.15, 0.2) is 0 Å². The largest absolute Gasteiger partial charge is 0.449 e. The topological polar surface area (TPSA) is 79.0 Å². The van der Waals surface area contributed by atoms with Crippen LogP contribution in [0.5, 0.6) is 0 Å². The summed E-state index contributed by atoms with van der Waals surface area (Å²) in [5.41, 5.74) is 5.39. The average Bonchev–Trinajstić information content (AvgIpc) is 3.21. The third kappa shape index (κ3) is 2.84. The molecule has 0 radical (unpaired) electrons. The minimum absolute atomic E-state index is 0.175. The van der Waals surface area contributed by atoms with Gasteiger partial charge in [0, 0.05) is 0 Å². The summed E-state index contributed by atoms with van der Waals surface area (Å²) in [5.74, 6) is -1.48. The van der Waals surface area contributed by atoms with Crippen molar-refractivity contribution in [1.29, 1.82) is 0 Å². The SMILES string of the molecule is CCOC(=O)N1N[C@@H](c2ccccc2)[C@H]2C(=O)N(c3ccc(C)cc3)C(=O)[C@H]21. The predicted molar refractivity (Wildman–Crippen MR) is 102 cm³/mol. The summed E-state index contributed by atoms with van der Waals surface area (Å²) in [6.07, 6.45) is -0.664. The van der Waals surface area contributed by atoms with Crippen LogP contribution in [0.3, 0.4) is 0 Å². The number of carbonyl (C=O) groups is 3. The van der Waals surface area contributed by atoms with Crippen LogP contribution in [-0.4, -0.2) is 35.6 Å². The van der Waals surface area contributed by atoms with Crippen LogP contribution in [-0.2, 0) is 14.3 Å². The Morgan fingerprint density at radius 2 is 1.71 bits per heavy atom. The molecule has 3 atom stereocenters. The van der Waals surface area contributed by atoms with Crippen LogP contribution in [0, 0.1) is 12.8 Å². The molecule has 0 aromatic heterocycles. The number of hydrogen-bond donors (Lipinski definition) is 1. The zero-order chi connectivity index (χ0) is 19.8. The molecule has 7 nitrogen and oxygen atoms in total.